The quantitative estimate of drug-likeness (QED) is 0.324. The van der Waals surface area contributed by atoms with Gasteiger partial charge in [-0.25, -0.2) is 0 Å². The Bertz CT molecular complexity index is 433. The van der Waals surface area contributed by atoms with Gasteiger partial charge < -0.3 is 20.7 Å². The Balaban J connectivity index is 2.05. The number of amidine groups is 1. The van der Waals surface area contributed by atoms with Crippen LogP contribution in [0.5, 0.6) is 0 Å². The highest BCUT2D eigenvalue weighted by Gasteiger charge is 2.45. The van der Waals surface area contributed by atoms with Crippen LogP contribution < -0.4 is 11.1 Å². The number of oxime groups is 1. The van der Waals surface area contributed by atoms with E-state index in [9.17, 15) is 4.79 Å². The van der Waals surface area contributed by atoms with Gasteiger partial charge in [-0.1, -0.05) is 18.0 Å². The van der Waals surface area contributed by atoms with Gasteiger partial charge >= 0.3 is 0 Å². The zero-order chi connectivity index (χ0) is 13.0. The molecule has 0 saturated heterocycles. The van der Waals surface area contributed by atoms with Gasteiger partial charge in [0.2, 0.25) is 5.91 Å². The highest BCUT2D eigenvalue weighted by molar-refractivity contribution is 6.06. The molecule has 1 saturated carbocycles. The number of nitrogens with one attached hydrogen (secondary N) is 1. The van der Waals surface area contributed by atoms with Crippen LogP contribution in [0.4, 0.5) is 0 Å². The Morgan fingerprint density at radius 1 is 1.56 bits per heavy atom. The van der Waals surface area contributed by atoms with E-state index in [1.165, 1.54) is 0 Å². The van der Waals surface area contributed by atoms with Crippen LogP contribution in [0.25, 0.3) is 0 Å². The van der Waals surface area contributed by atoms with E-state index in [0.717, 1.165) is 12.8 Å². The summed E-state index contributed by atoms with van der Waals surface area (Å²) in [4.78, 5) is 12.2. The normalized spacial score (nSPS) is 18.8. The number of amides is 1. The fourth-order valence-electron chi connectivity index (χ4n) is 2.42. The Labute approximate surface area is 105 Å². The fourth-order valence-corrected chi connectivity index (χ4v) is 2.42. The first kappa shape index (κ1) is 12.5. The van der Waals surface area contributed by atoms with Crippen LogP contribution in [0, 0.1) is 5.41 Å². The zero-order valence-electron chi connectivity index (χ0n) is 10.1. The molecule has 0 radical (unpaired) electrons. The van der Waals surface area contributed by atoms with Gasteiger partial charge in [0.1, 0.15) is 11.2 Å². The smallest absolute Gasteiger partial charge is 0.234 e. The standard InChI is InChI=1S/C12H17N3O3/c13-10(15-17)12(5-1-2-6-12)11(16)14-8-9-4-3-7-18-9/h3-4,7,17H,1-2,5-6,8H2,(H2,13,15)(H,14,16). The van der Waals surface area contributed by atoms with E-state index in [0.29, 0.717) is 25.1 Å². The highest BCUT2D eigenvalue weighted by Crippen LogP contribution is 2.38. The highest BCUT2D eigenvalue weighted by atomic mass is 16.4. The lowest BCUT2D eigenvalue weighted by atomic mass is 9.84. The van der Waals surface area contributed by atoms with Crippen LogP contribution in [-0.4, -0.2) is 17.0 Å². The average molecular weight is 251 g/mol. The van der Waals surface area contributed by atoms with E-state index >= 15 is 0 Å². The van der Waals surface area contributed by atoms with Gasteiger partial charge in [0, 0.05) is 0 Å². The number of carbonyl (C=O) groups excluding carboxylic acids is 1. The molecule has 0 bridgehead atoms. The number of nitrogens with two attached hydrogens (primary N) is 1. The summed E-state index contributed by atoms with van der Waals surface area (Å²) in [6, 6.07) is 3.54. The molecule has 0 atom stereocenters. The summed E-state index contributed by atoms with van der Waals surface area (Å²) in [5.41, 5.74) is 4.82. The van der Waals surface area contributed by atoms with Crippen molar-refractivity contribution in [1.82, 2.24) is 5.32 Å². The Morgan fingerprint density at radius 2 is 2.28 bits per heavy atom. The molecule has 0 spiro atoms. The number of nitrogens with zero attached hydrogens (tertiary/aromatic N) is 1. The predicted octanol–water partition coefficient (Wildman–Crippen LogP) is 1.20. The summed E-state index contributed by atoms with van der Waals surface area (Å²) in [5.74, 6) is 0.472. The van der Waals surface area contributed by atoms with Crippen LogP contribution in [0.2, 0.25) is 0 Å². The van der Waals surface area contributed by atoms with Crippen LogP contribution in [0.1, 0.15) is 31.4 Å². The number of rotatable bonds is 4. The van der Waals surface area contributed by atoms with Gasteiger partial charge in [-0.3, -0.25) is 4.79 Å². The van der Waals surface area contributed by atoms with Gasteiger partial charge in [0.25, 0.3) is 0 Å². The Kier molecular flexibility index (Phi) is 3.55. The molecule has 1 aliphatic carbocycles. The molecule has 6 heteroatoms. The molecule has 6 nitrogen and oxygen atoms in total. The molecule has 0 aliphatic heterocycles. The molecule has 1 aromatic heterocycles. The SMILES string of the molecule is NC(=NO)C1(C(=O)NCc2ccco2)CCCC1. The van der Waals surface area contributed by atoms with E-state index in [-0.39, 0.29) is 11.7 Å². The van der Waals surface area contributed by atoms with Crippen molar-refractivity contribution in [2.24, 2.45) is 16.3 Å². The zero-order valence-corrected chi connectivity index (χ0v) is 10.1. The van der Waals surface area contributed by atoms with Crippen molar-refractivity contribution in [3.63, 3.8) is 0 Å². The largest absolute Gasteiger partial charge is 0.467 e. The van der Waals surface area contributed by atoms with E-state index in [1.54, 1.807) is 18.4 Å². The van der Waals surface area contributed by atoms with E-state index < -0.39 is 5.41 Å². The van der Waals surface area contributed by atoms with Crippen LogP contribution in [-0.2, 0) is 11.3 Å². The summed E-state index contributed by atoms with van der Waals surface area (Å²) in [6.07, 6.45) is 4.60. The van der Waals surface area contributed by atoms with Crippen molar-refractivity contribution in [2.45, 2.75) is 32.2 Å². The maximum absolute atomic E-state index is 12.2. The first-order valence-corrected chi connectivity index (χ1v) is 5.98. The average Bonchev–Trinajstić information content (AvgIpc) is 3.06. The Morgan fingerprint density at radius 3 is 2.83 bits per heavy atom. The van der Waals surface area contributed by atoms with Crippen LogP contribution in [0.3, 0.4) is 0 Å². The van der Waals surface area contributed by atoms with Crippen LogP contribution in [0.15, 0.2) is 28.0 Å². The topological polar surface area (TPSA) is 101 Å². The molecule has 98 valence electrons. The van der Waals surface area contributed by atoms with E-state index in [1.807, 2.05) is 0 Å². The lowest BCUT2D eigenvalue weighted by Crippen LogP contribution is -2.48. The molecular weight excluding hydrogens is 234 g/mol. The van der Waals surface area contributed by atoms with Crippen LogP contribution >= 0.6 is 0 Å². The molecule has 0 unspecified atom stereocenters. The first-order valence-electron chi connectivity index (χ1n) is 5.98. The molecule has 18 heavy (non-hydrogen) atoms. The van der Waals surface area contributed by atoms with Crippen molar-refractivity contribution < 1.29 is 14.4 Å². The molecule has 4 N–H and O–H groups in total. The van der Waals surface area contributed by atoms with Gasteiger partial charge in [0.15, 0.2) is 5.84 Å². The van der Waals surface area contributed by atoms with Crippen molar-refractivity contribution in [3.05, 3.63) is 24.2 Å². The summed E-state index contributed by atoms with van der Waals surface area (Å²) >= 11 is 0. The molecule has 1 heterocycles. The minimum absolute atomic E-state index is 0.00283. The number of hydrogen-bond donors (Lipinski definition) is 3. The lowest BCUT2D eigenvalue weighted by Gasteiger charge is -2.25. The monoisotopic (exact) mass is 251 g/mol. The van der Waals surface area contributed by atoms with Gasteiger partial charge in [0.05, 0.1) is 12.8 Å². The summed E-state index contributed by atoms with van der Waals surface area (Å²) < 4.78 is 5.14. The van der Waals surface area contributed by atoms with Crippen molar-refractivity contribution in [1.29, 1.82) is 0 Å². The molecule has 1 aromatic rings. The third-order valence-electron chi connectivity index (χ3n) is 3.49. The summed E-state index contributed by atoms with van der Waals surface area (Å²) in [7, 11) is 0. The lowest BCUT2D eigenvalue weighted by molar-refractivity contribution is -0.127. The van der Waals surface area contributed by atoms with E-state index in [4.69, 9.17) is 15.4 Å². The summed E-state index contributed by atoms with van der Waals surface area (Å²) in [6.45, 7) is 0.312. The minimum atomic E-state index is -0.860. The van der Waals surface area contributed by atoms with E-state index in [2.05, 4.69) is 10.5 Å². The first-order chi connectivity index (χ1) is 8.69. The number of hydrogen-bond acceptors (Lipinski definition) is 4. The molecule has 2 rings (SSSR count). The fraction of sp³-hybridized carbons (Fsp3) is 0.500. The second-order valence-electron chi connectivity index (χ2n) is 4.54. The molecular formula is C12H17N3O3. The van der Waals surface area contributed by atoms with Crippen molar-refractivity contribution >= 4 is 11.7 Å². The molecule has 1 aliphatic rings. The predicted molar refractivity (Wildman–Crippen MR) is 64.9 cm³/mol. The maximum Gasteiger partial charge on any atom is 0.234 e. The summed E-state index contributed by atoms with van der Waals surface area (Å²) in [5, 5.41) is 14.6. The molecule has 1 fully saturated rings. The maximum atomic E-state index is 12.2. The number of carbonyl (C=O) groups is 1. The number of furan rings is 1. The second kappa shape index (κ2) is 5.12. The van der Waals surface area contributed by atoms with Gasteiger partial charge in [-0.15, -0.1) is 0 Å². The van der Waals surface area contributed by atoms with Gasteiger partial charge in [-0.2, -0.15) is 0 Å². The third kappa shape index (κ3) is 2.18. The van der Waals surface area contributed by atoms with Gasteiger partial charge in [-0.05, 0) is 25.0 Å². The third-order valence-corrected chi connectivity index (χ3v) is 3.49. The molecule has 1 amide bonds. The second-order valence-corrected chi connectivity index (χ2v) is 4.54. The van der Waals surface area contributed by atoms with Crippen molar-refractivity contribution in [2.75, 3.05) is 0 Å². The minimum Gasteiger partial charge on any atom is -0.467 e. The Hall–Kier alpha value is -1.98. The van der Waals surface area contributed by atoms with Crippen molar-refractivity contribution in [3.8, 4) is 0 Å². The molecule has 0 aromatic carbocycles.